The molecule has 1 aliphatic rings. The lowest BCUT2D eigenvalue weighted by atomic mass is 10.0. The molecule has 2 unspecified atom stereocenters. The van der Waals surface area contributed by atoms with Gasteiger partial charge in [0.25, 0.3) is 0 Å². The standard InChI is InChI=1S/C14H21N3O2/c1-11-7-16-13(4-5-14(18)19)10-17(11)9-12-3-2-6-15-8-12/h2-3,6,8,11,13,16H,4-5,7,9-10H2,1H3,(H,18,19). The van der Waals surface area contributed by atoms with Crippen molar-refractivity contribution in [2.24, 2.45) is 0 Å². The smallest absolute Gasteiger partial charge is 0.303 e. The van der Waals surface area contributed by atoms with Gasteiger partial charge in [-0.15, -0.1) is 0 Å². The van der Waals surface area contributed by atoms with E-state index in [0.29, 0.717) is 12.5 Å². The van der Waals surface area contributed by atoms with Crippen molar-refractivity contribution in [3.05, 3.63) is 30.1 Å². The Bertz CT molecular complexity index is 410. The molecule has 0 saturated carbocycles. The second-order valence-electron chi connectivity index (χ2n) is 5.18. The number of hydrogen-bond acceptors (Lipinski definition) is 4. The van der Waals surface area contributed by atoms with Crippen LogP contribution in [0.3, 0.4) is 0 Å². The molecule has 2 N–H and O–H groups in total. The number of carbonyl (C=O) groups is 1. The summed E-state index contributed by atoms with van der Waals surface area (Å²) in [7, 11) is 0. The first-order chi connectivity index (χ1) is 9.15. The zero-order chi connectivity index (χ0) is 13.7. The normalized spacial score (nSPS) is 24.3. The maximum absolute atomic E-state index is 10.6. The summed E-state index contributed by atoms with van der Waals surface area (Å²) in [5.74, 6) is -0.723. The molecular formula is C14H21N3O2. The van der Waals surface area contributed by atoms with Gasteiger partial charge in [-0.05, 0) is 25.0 Å². The molecule has 5 heteroatoms. The number of hydrogen-bond donors (Lipinski definition) is 2. The van der Waals surface area contributed by atoms with E-state index >= 15 is 0 Å². The van der Waals surface area contributed by atoms with Crippen LogP contribution in [-0.4, -0.2) is 46.1 Å². The Hall–Kier alpha value is -1.46. The summed E-state index contributed by atoms with van der Waals surface area (Å²) in [6.45, 7) is 4.87. The van der Waals surface area contributed by atoms with E-state index < -0.39 is 5.97 Å². The molecule has 1 aliphatic heterocycles. The number of nitrogens with one attached hydrogen (secondary N) is 1. The minimum atomic E-state index is -0.723. The lowest BCUT2D eigenvalue weighted by Crippen LogP contribution is -2.54. The van der Waals surface area contributed by atoms with Gasteiger partial charge in [0.05, 0.1) is 0 Å². The molecule has 2 rings (SSSR count). The highest BCUT2D eigenvalue weighted by Gasteiger charge is 2.25. The van der Waals surface area contributed by atoms with Crippen LogP contribution in [0.4, 0.5) is 0 Å². The van der Waals surface area contributed by atoms with E-state index in [9.17, 15) is 4.79 Å². The van der Waals surface area contributed by atoms with Crippen molar-refractivity contribution in [1.29, 1.82) is 0 Å². The van der Waals surface area contributed by atoms with Gasteiger partial charge in [0, 0.05) is 50.5 Å². The van der Waals surface area contributed by atoms with Crippen LogP contribution < -0.4 is 5.32 Å². The van der Waals surface area contributed by atoms with E-state index in [1.165, 1.54) is 5.56 Å². The third-order valence-corrected chi connectivity index (χ3v) is 3.60. The van der Waals surface area contributed by atoms with Crippen molar-refractivity contribution >= 4 is 5.97 Å². The zero-order valence-electron chi connectivity index (χ0n) is 11.2. The van der Waals surface area contributed by atoms with E-state index in [1.807, 2.05) is 12.3 Å². The van der Waals surface area contributed by atoms with Crippen LogP contribution in [0.15, 0.2) is 24.5 Å². The van der Waals surface area contributed by atoms with Crippen LogP contribution >= 0.6 is 0 Å². The van der Waals surface area contributed by atoms with Crippen molar-refractivity contribution in [1.82, 2.24) is 15.2 Å². The third kappa shape index (κ3) is 4.29. The SMILES string of the molecule is CC1CNC(CCC(=O)O)CN1Cc1cccnc1. The second-order valence-corrected chi connectivity index (χ2v) is 5.18. The number of nitrogens with zero attached hydrogens (tertiary/aromatic N) is 2. The Balaban J connectivity index is 1.89. The Kier molecular flexibility index (Phi) is 4.87. The number of piperazine rings is 1. The van der Waals surface area contributed by atoms with Gasteiger partial charge in [-0.3, -0.25) is 14.7 Å². The first-order valence-corrected chi connectivity index (χ1v) is 6.73. The molecule has 104 valence electrons. The highest BCUT2D eigenvalue weighted by atomic mass is 16.4. The summed E-state index contributed by atoms with van der Waals surface area (Å²) in [6.07, 6.45) is 4.58. The van der Waals surface area contributed by atoms with E-state index in [-0.39, 0.29) is 12.5 Å². The van der Waals surface area contributed by atoms with E-state index in [2.05, 4.69) is 28.2 Å². The topological polar surface area (TPSA) is 65.5 Å². The molecule has 5 nitrogen and oxygen atoms in total. The maximum atomic E-state index is 10.6. The predicted octanol–water partition coefficient (Wildman–Crippen LogP) is 1.11. The molecule has 19 heavy (non-hydrogen) atoms. The van der Waals surface area contributed by atoms with Gasteiger partial charge in [0.1, 0.15) is 0 Å². The fourth-order valence-electron chi connectivity index (χ4n) is 2.43. The number of pyridine rings is 1. The van der Waals surface area contributed by atoms with E-state index in [0.717, 1.165) is 19.6 Å². The minimum Gasteiger partial charge on any atom is -0.481 e. The summed E-state index contributed by atoms with van der Waals surface area (Å²) < 4.78 is 0. The van der Waals surface area contributed by atoms with Crippen molar-refractivity contribution in [3.8, 4) is 0 Å². The molecule has 0 aromatic carbocycles. The molecule has 0 amide bonds. The Morgan fingerprint density at radius 1 is 1.63 bits per heavy atom. The summed E-state index contributed by atoms with van der Waals surface area (Å²) >= 11 is 0. The van der Waals surface area contributed by atoms with Gasteiger partial charge in [0.2, 0.25) is 0 Å². The van der Waals surface area contributed by atoms with Crippen molar-refractivity contribution < 1.29 is 9.90 Å². The Morgan fingerprint density at radius 3 is 3.16 bits per heavy atom. The average Bonchev–Trinajstić information content (AvgIpc) is 2.41. The summed E-state index contributed by atoms with van der Waals surface area (Å²) in [5, 5.41) is 12.2. The van der Waals surface area contributed by atoms with Crippen LogP contribution in [0.25, 0.3) is 0 Å². The quantitative estimate of drug-likeness (QED) is 0.833. The van der Waals surface area contributed by atoms with Crippen LogP contribution in [0.5, 0.6) is 0 Å². The fraction of sp³-hybridized carbons (Fsp3) is 0.571. The lowest BCUT2D eigenvalue weighted by Gasteiger charge is -2.38. The lowest BCUT2D eigenvalue weighted by molar-refractivity contribution is -0.137. The molecule has 1 aromatic rings. The fourth-order valence-corrected chi connectivity index (χ4v) is 2.43. The number of carboxylic acid groups (broad SMARTS) is 1. The molecule has 1 fully saturated rings. The summed E-state index contributed by atoms with van der Waals surface area (Å²) in [4.78, 5) is 17.2. The molecule has 1 aromatic heterocycles. The summed E-state index contributed by atoms with van der Waals surface area (Å²) in [5.41, 5.74) is 1.20. The molecule has 2 heterocycles. The van der Waals surface area contributed by atoms with Gasteiger partial charge in [-0.2, -0.15) is 0 Å². The Labute approximate surface area is 113 Å². The van der Waals surface area contributed by atoms with Gasteiger partial charge in [0.15, 0.2) is 0 Å². The number of aromatic nitrogens is 1. The molecule has 0 aliphatic carbocycles. The Morgan fingerprint density at radius 2 is 2.47 bits per heavy atom. The highest BCUT2D eigenvalue weighted by Crippen LogP contribution is 2.14. The first-order valence-electron chi connectivity index (χ1n) is 6.73. The third-order valence-electron chi connectivity index (χ3n) is 3.60. The van der Waals surface area contributed by atoms with Gasteiger partial charge < -0.3 is 10.4 Å². The van der Waals surface area contributed by atoms with Crippen LogP contribution in [0.2, 0.25) is 0 Å². The predicted molar refractivity (Wildman–Crippen MR) is 72.8 cm³/mol. The van der Waals surface area contributed by atoms with Crippen molar-refractivity contribution in [2.45, 2.75) is 38.4 Å². The minimum absolute atomic E-state index is 0.229. The van der Waals surface area contributed by atoms with Crippen molar-refractivity contribution in [3.63, 3.8) is 0 Å². The van der Waals surface area contributed by atoms with Gasteiger partial charge in [-0.25, -0.2) is 0 Å². The number of carboxylic acids is 1. The largest absolute Gasteiger partial charge is 0.481 e. The summed E-state index contributed by atoms with van der Waals surface area (Å²) in [6, 6.07) is 4.75. The monoisotopic (exact) mass is 263 g/mol. The zero-order valence-corrected chi connectivity index (χ0v) is 11.2. The van der Waals surface area contributed by atoms with Crippen LogP contribution in [-0.2, 0) is 11.3 Å². The van der Waals surface area contributed by atoms with E-state index in [1.54, 1.807) is 6.20 Å². The van der Waals surface area contributed by atoms with E-state index in [4.69, 9.17) is 5.11 Å². The molecule has 1 saturated heterocycles. The molecule has 0 bridgehead atoms. The van der Waals surface area contributed by atoms with Crippen molar-refractivity contribution in [2.75, 3.05) is 13.1 Å². The van der Waals surface area contributed by atoms with Gasteiger partial charge in [-0.1, -0.05) is 6.07 Å². The molecule has 0 spiro atoms. The highest BCUT2D eigenvalue weighted by molar-refractivity contribution is 5.66. The average molecular weight is 263 g/mol. The first kappa shape index (κ1) is 14.0. The molecule has 2 atom stereocenters. The molecular weight excluding hydrogens is 242 g/mol. The number of rotatable bonds is 5. The second kappa shape index (κ2) is 6.63. The molecule has 0 radical (unpaired) electrons. The van der Waals surface area contributed by atoms with Gasteiger partial charge >= 0.3 is 5.97 Å². The number of aliphatic carboxylic acids is 1. The maximum Gasteiger partial charge on any atom is 0.303 e. The van der Waals surface area contributed by atoms with Crippen LogP contribution in [0.1, 0.15) is 25.3 Å². The van der Waals surface area contributed by atoms with Crippen LogP contribution in [0, 0.1) is 0 Å².